The van der Waals surface area contributed by atoms with E-state index < -0.39 is 12.0 Å². The van der Waals surface area contributed by atoms with E-state index in [0.29, 0.717) is 40.8 Å². The minimum atomic E-state index is -0.791. The van der Waals surface area contributed by atoms with Crippen LogP contribution in [0.15, 0.2) is 48.5 Å². The van der Waals surface area contributed by atoms with E-state index >= 15 is 0 Å². The molecule has 0 aliphatic carbocycles. The van der Waals surface area contributed by atoms with Crippen LogP contribution in [0, 0.1) is 5.92 Å². The third-order valence-electron chi connectivity index (χ3n) is 7.57. The molecule has 42 heavy (non-hydrogen) atoms. The van der Waals surface area contributed by atoms with Crippen LogP contribution in [-0.2, 0) is 19.1 Å². The van der Waals surface area contributed by atoms with Gasteiger partial charge in [-0.2, -0.15) is 0 Å². The molecule has 0 spiro atoms. The normalized spacial score (nSPS) is 17.8. The van der Waals surface area contributed by atoms with Gasteiger partial charge < -0.3 is 30.3 Å². The number of benzene rings is 2. The van der Waals surface area contributed by atoms with Crippen LogP contribution in [0.2, 0.25) is 0 Å². The number of amides is 3. The number of primary amides is 1. The molecule has 2 saturated heterocycles. The zero-order chi connectivity index (χ0) is 30.2. The Morgan fingerprint density at radius 1 is 1.02 bits per heavy atom. The Balaban J connectivity index is 1.46. The number of likely N-dealkylation sites (tertiary alicyclic amines) is 1. The van der Waals surface area contributed by atoms with Gasteiger partial charge in [0.2, 0.25) is 11.8 Å². The van der Waals surface area contributed by atoms with Crippen molar-refractivity contribution in [3.8, 4) is 5.75 Å². The van der Waals surface area contributed by atoms with Crippen LogP contribution in [0.5, 0.6) is 5.75 Å². The van der Waals surface area contributed by atoms with Crippen molar-refractivity contribution in [3.63, 3.8) is 0 Å². The number of hydrogen-bond donors (Lipinski definition) is 2. The Morgan fingerprint density at radius 3 is 2.29 bits per heavy atom. The second-order valence-corrected chi connectivity index (χ2v) is 10.7. The average Bonchev–Trinajstić information content (AvgIpc) is 3.21. The van der Waals surface area contributed by atoms with Gasteiger partial charge in [-0.3, -0.25) is 19.3 Å². The number of nitrogens with one attached hydrogen (secondary N) is 1. The van der Waals surface area contributed by atoms with Gasteiger partial charge in [0, 0.05) is 18.2 Å². The van der Waals surface area contributed by atoms with E-state index in [2.05, 4.69) is 10.2 Å². The first-order chi connectivity index (χ1) is 20.2. The Hall–Kier alpha value is -4.03. The van der Waals surface area contributed by atoms with E-state index in [1.54, 1.807) is 67.5 Å². The number of nitrogens with two attached hydrogens (primary N) is 1. The Morgan fingerprint density at radius 2 is 1.69 bits per heavy atom. The first kappa shape index (κ1) is 30.9. The number of rotatable bonds is 12. The molecule has 2 aliphatic rings. The van der Waals surface area contributed by atoms with Gasteiger partial charge in [-0.1, -0.05) is 0 Å². The zero-order valence-corrected chi connectivity index (χ0v) is 24.7. The Kier molecular flexibility index (Phi) is 10.5. The molecule has 3 N–H and O–H groups in total. The van der Waals surface area contributed by atoms with E-state index in [-0.39, 0.29) is 36.7 Å². The van der Waals surface area contributed by atoms with Crippen molar-refractivity contribution >= 4 is 52.4 Å². The fourth-order valence-corrected chi connectivity index (χ4v) is 5.67. The fourth-order valence-electron chi connectivity index (χ4n) is 5.25. The third kappa shape index (κ3) is 7.42. The Labute approximate surface area is 250 Å². The zero-order valence-electron chi connectivity index (χ0n) is 23.9. The minimum absolute atomic E-state index is 0.0811. The molecule has 2 aliphatic heterocycles. The number of esters is 1. The maximum atomic E-state index is 13.7. The minimum Gasteiger partial charge on any atom is -0.497 e. The molecule has 1 unspecified atom stereocenters. The van der Waals surface area contributed by atoms with Crippen LogP contribution >= 0.6 is 12.2 Å². The molecule has 12 heteroatoms. The fraction of sp³-hybridized carbons (Fsp3) is 0.433. The maximum absolute atomic E-state index is 13.7. The average molecular weight is 596 g/mol. The summed E-state index contributed by atoms with van der Waals surface area (Å²) in [5, 5.41) is 3.16. The summed E-state index contributed by atoms with van der Waals surface area (Å²) < 4.78 is 10.2. The second kappa shape index (κ2) is 14.2. The van der Waals surface area contributed by atoms with Crippen LogP contribution < -0.4 is 20.7 Å². The number of carbonyl (C=O) groups is 4. The molecule has 4 rings (SSSR count). The standard InChI is InChI=1S/C30H37N5O6S/c1-3-41-29(39)21-5-9-23(10-6-21)35-28(38)25(19-26(36)32-22-7-11-24(40-2)12-8-22)34(30(35)42)16-4-15-33-17-13-20(14-18-33)27(31)37/h5-12,20,25H,3-4,13-19H2,1-2H3,(H2,31,37)(H,32,36). The van der Waals surface area contributed by atoms with Crippen molar-refractivity contribution < 1.29 is 28.7 Å². The van der Waals surface area contributed by atoms with Gasteiger partial charge in [-0.05, 0) is 107 Å². The van der Waals surface area contributed by atoms with E-state index in [4.69, 9.17) is 27.4 Å². The lowest BCUT2D eigenvalue weighted by atomic mass is 9.96. The number of hydrogen-bond acceptors (Lipinski definition) is 8. The molecule has 0 radical (unpaired) electrons. The lowest BCUT2D eigenvalue weighted by Crippen LogP contribution is -2.41. The van der Waals surface area contributed by atoms with Gasteiger partial charge in [-0.15, -0.1) is 0 Å². The molecule has 0 bridgehead atoms. The first-order valence-electron chi connectivity index (χ1n) is 14.1. The summed E-state index contributed by atoms with van der Waals surface area (Å²) in [6.07, 6.45) is 2.09. The number of nitrogens with zero attached hydrogens (tertiary/aromatic N) is 3. The summed E-state index contributed by atoms with van der Waals surface area (Å²) in [5.74, 6) is -0.743. The number of piperidine rings is 1. The molecule has 2 fully saturated rings. The Bertz CT molecular complexity index is 1290. The molecular formula is C30H37N5O6S. The summed E-state index contributed by atoms with van der Waals surface area (Å²) in [6, 6.07) is 12.6. The summed E-state index contributed by atoms with van der Waals surface area (Å²) in [5.41, 5.74) is 6.93. The van der Waals surface area contributed by atoms with Crippen LogP contribution in [-0.4, -0.2) is 84.5 Å². The molecule has 0 saturated carbocycles. The lowest BCUT2D eigenvalue weighted by Gasteiger charge is -2.31. The van der Waals surface area contributed by atoms with E-state index in [9.17, 15) is 19.2 Å². The number of anilines is 2. The quantitative estimate of drug-likeness (QED) is 0.281. The maximum Gasteiger partial charge on any atom is 0.338 e. The number of thiocarbonyl (C=S) groups is 1. The van der Waals surface area contributed by atoms with Crippen LogP contribution in [0.25, 0.3) is 0 Å². The van der Waals surface area contributed by atoms with E-state index in [1.165, 1.54) is 4.90 Å². The summed E-state index contributed by atoms with van der Waals surface area (Å²) in [7, 11) is 1.57. The van der Waals surface area contributed by atoms with Crippen molar-refractivity contribution in [3.05, 3.63) is 54.1 Å². The van der Waals surface area contributed by atoms with E-state index in [0.717, 1.165) is 32.5 Å². The topological polar surface area (TPSA) is 135 Å². The molecule has 2 aromatic rings. The molecule has 224 valence electrons. The molecule has 2 aromatic carbocycles. The number of methoxy groups -OCH3 is 1. The number of ether oxygens (including phenoxy) is 2. The molecule has 0 aromatic heterocycles. The third-order valence-corrected chi connectivity index (χ3v) is 7.99. The van der Waals surface area contributed by atoms with Crippen LogP contribution in [0.4, 0.5) is 11.4 Å². The predicted octanol–water partition coefficient (Wildman–Crippen LogP) is 2.79. The van der Waals surface area contributed by atoms with Gasteiger partial charge in [0.15, 0.2) is 5.11 Å². The highest BCUT2D eigenvalue weighted by Gasteiger charge is 2.44. The van der Waals surface area contributed by atoms with Crippen molar-refractivity contribution in [2.75, 3.05) is 50.1 Å². The molecule has 2 heterocycles. The van der Waals surface area contributed by atoms with Crippen molar-refractivity contribution in [2.45, 2.75) is 38.6 Å². The first-order valence-corrected chi connectivity index (χ1v) is 14.5. The smallest absolute Gasteiger partial charge is 0.338 e. The molecule has 1 atom stereocenters. The highest BCUT2D eigenvalue weighted by Crippen LogP contribution is 2.28. The summed E-state index contributed by atoms with van der Waals surface area (Å²) >= 11 is 5.78. The van der Waals surface area contributed by atoms with Crippen LogP contribution in [0.1, 0.15) is 43.0 Å². The van der Waals surface area contributed by atoms with Gasteiger partial charge in [-0.25, -0.2) is 4.79 Å². The SMILES string of the molecule is CCOC(=O)c1ccc(N2C(=O)C(CC(=O)Nc3ccc(OC)cc3)N(CCCN3CCC(C(N)=O)CC3)C2=S)cc1. The van der Waals surface area contributed by atoms with Crippen LogP contribution in [0.3, 0.4) is 0 Å². The van der Waals surface area contributed by atoms with Gasteiger partial charge in [0.1, 0.15) is 11.8 Å². The molecule has 11 nitrogen and oxygen atoms in total. The highest BCUT2D eigenvalue weighted by molar-refractivity contribution is 7.80. The summed E-state index contributed by atoms with van der Waals surface area (Å²) in [6.45, 7) is 4.78. The lowest BCUT2D eigenvalue weighted by molar-refractivity contribution is -0.124. The van der Waals surface area contributed by atoms with Gasteiger partial charge in [0.05, 0.1) is 31.4 Å². The molecular weight excluding hydrogens is 558 g/mol. The van der Waals surface area contributed by atoms with Crippen molar-refractivity contribution in [1.82, 2.24) is 9.80 Å². The van der Waals surface area contributed by atoms with Gasteiger partial charge >= 0.3 is 5.97 Å². The predicted molar refractivity (Wildman–Crippen MR) is 162 cm³/mol. The highest BCUT2D eigenvalue weighted by atomic mass is 32.1. The summed E-state index contributed by atoms with van der Waals surface area (Å²) in [4.78, 5) is 55.9. The molecule has 3 amide bonds. The largest absolute Gasteiger partial charge is 0.497 e. The van der Waals surface area contributed by atoms with E-state index in [1.807, 2.05) is 0 Å². The number of carbonyl (C=O) groups excluding carboxylic acids is 4. The second-order valence-electron chi connectivity index (χ2n) is 10.3. The monoisotopic (exact) mass is 595 g/mol. The van der Waals surface area contributed by atoms with Crippen molar-refractivity contribution in [2.24, 2.45) is 11.7 Å². The van der Waals surface area contributed by atoms with Crippen molar-refractivity contribution in [1.29, 1.82) is 0 Å². The van der Waals surface area contributed by atoms with Gasteiger partial charge in [0.25, 0.3) is 5.91 Å².